The second-order valence-corrected chi connectivity index (χ2v) is 6.96. The van der Waals surface area contributed by atoms with Gasteiger partial charge in [-0.15, -0.1) is 0 Å². The number of nitrogens with one attached hydrogen (secondary N) is 1. The first-order valence-electron chi connectivity index (χ1n) is 9.02. The molecule has 0 saturated heterocycles. The molecule has 1 N–H and O–H groups in total. The number of rotatable bonds is 8. The minimum Gasteiger partial charge on any atom is -0.315 e. The molecule has 0 aliphatic heterocycles. The van der Waals surface area contributed by atoms with E-state index in [0.717, 1.165) is 30.0 Å². The van der Waals surface area contributed by atoms with Crippen LogP contribution < -0.4 is 4.90 Å². The highest BCUT2D eigenvalue weighted by atomic mass is 16.2. The van der Waals surface area contributed by atoms with Gasteiger partial charge in [0.15, 0.2) is 0 Å². The molecule has 0 atom stereocenters. The minimum absolute atomic E-state index is 0.0115. The first-order valence-corrected chi connectivity index (χ1v) is 9.02. The summed E-state index contributed by atoms with van der Waals surface area (Å²) in [6, 6.07) is 8.06. The predicted octanol–water partition coefficient (Wildman–Crippen LogP) is 3.93. The zero-order chi connectivity index (χ0) is 18.4. The highest BCUT2D eigenvalue weighted by Gasteiger charge is 2.15. The molecule has 1 aromatic carbocycles. The molecule has 0 aliphatic rings. The molecule has 25 heavy (non-hydrogen) atoms. The van der Waals surface area contributed by atoms with Gasteiger partial charge in [-0.1, -0.05) is 39.3 Å². The van der Waals surface area contributed by atoms with Crippen molar-refractivity contribution in [2.75, 3.05) is 25.5 Å². The molecule has 0 unspecified atom stereocenters. The van der Waals surface area contributed by atoms with Gasteiger partial charge in [0.25, 0.3) is 0 Å². The Morgan fingerprint density at radius 1 is 1.20 bits per heavy atom. The number of H-pyrrole nitrogens is 1. The van der Waals surface area contributed by atoms with Crippen LogP contribution in [-0.2, 0) is 11.3 Å². The van der Waals surface area contributed by atoms with E-state index in [1.54, 1.807) is 4.90 Å². The maximum Gasteiger partial charge on any atom is 0.229 e. The topological polar surface area (TPSA) is 52.2 Å². The lowest BCUT2D eigenvalue weighted by atomic mass is 10.1. The van der Waals surface area contributed by atoms with E-state index in [0.29, 0.717) is 0 Å². The molecule has 0 spiro atoms. The van der Waals surface area contributed by atoms with E-state index in [2.05, 4.69) is 29.1 Å². The smallest absolute Gasteiger partial charge is 0.229 e. The van der Waals surface area contributed by atoms with E-state index >= 15 is 0 Å². The summed E-state index contributed by atoms with van der Waals surface area (Å²) < 4.78 is 0. The Kier molecular flexibility index (Phi) is 6.76. The van der Waals surface area contributed by atoms with E-state index < -0.39 is 0 Å². The Labute approximate surface area is 151 Å². The van der Waals surface area contributed by atoms with Crippen LogP contribution in [0.15, 0.2) is 30.5 Å². The molecule has 0 bridgehead atoms. The highest BCUT2D eigenvalue weighted by Crippen LogP contribution is 2.25. The molecular weight excluding hydrogens is 312 g/mol. The van der Waals surface area contributed by atoms with E-state index in [9.17, 15) is 4.79 Å². The lowest BCUT2D eigenvalue weighted by molar-refractivity contribution is -0.121. The van der Waals surface area contributed by atoms with Crippen LogP contribution in [0.1, 0.15) is 39.2 Å². The number of benzene rings is 1. The van der Waals surface area contributed by atoms with Crippen LogP contribution in [0.25, 0.3) is 11.3 Å². The average molecular weight is 342 g/mol. The summed E-state index contributed by atoms with van der Waals surface area (Å²) in [4.78, 5) is 16.2. The van der Waals surface area contributed by atoms with E-state index in [4.69, 9.17) is 0 Å². The zero-order valence-corrected chi connectivity index (χ0v) is 16.0. The van der Waals surface area contributed by atoms with Crippen molar-refractivity contribution in [2.24, 2.45) is 5.92 Å². The summed E-state index contributed by atoms with van der Waals surface area (Å²) in [6.07, 6.45) is 4.31. The van der Waals surface area contributed by atoms with E-state index in [1.807, 2.05) is 51.4 Å². The monoisotopic (exact) mass is 342 g/mol. The third-order valence-corrected chi connectivity index (χ3v) is 4.42. The minimum atomic E-state index is -0.0115. The van der Waals surface area contributed by atoms with Crippen molar-refractivity contribution >= 4 is 11.6 Å². The van der Waals surface area contributed by atoms with Crippen LogP contribution in [0.4, 0.5) is 5.69 Å². The molecule has 2 rings (SSSR count). The molecule has 136 valence electrons. The number of hydrogen-bond donors (Lipinski definition) is 1. The van der Waals surface area contributed by atoms with Crippen molar-refractivity contribution in [1.82, 2.24) is 15.1 Å². The number of unbranched alkanes of at least 4 members (excludes halogenated alkanes) is 1. The summed E-state index contributed by atoms with van der Waals surface area (Å²) in [5.74, 6) is 0.107. The maximum absolute atomic E-state index is 12.1. The van der Waals surface area contributed by atoms with Gasteiger partial charge in [0.2, 0.25) is 5.91 Å². The number of nitrogens with zero attached hydrogens (tertiary/aromatic N) is 3. The van der Waals surface area contributed by atoms with Gasteiger partial charge < -0.3 is 9.80 Å². The molecule has 0 fully saturated rings. The van der Waals surface area contributed by atoms with Gasteiger partial charge in [0.1, 0.15) is 0 Å². The molecule has 0 radical (unpaired) electrons. The van der Waals surface area contributed by atoms with Crippen molar-refractivity contribution in [3.05, 3.63) is 36.0 Å². The van der Waals surface area contributed by atoms with Crippen LogP contribution in [0.3, 0.4) is 0 Å². The molecule has 2 aromatic rings. The fourth-order valence-electron chi connectivity index (χ4n) is 2.85. The van der Waals surface area contributed by atoms with Gasteiger partial charge in [-0.3, -0.25) is 9.89 Å². The standard InChI is InChI=1S/C20H30N4O/c1-6-7-12-23(4)14-17-13-21-22-19(17)16-8-10-18(11-9-16)24(5)20(25)15(2)3/h8-11,13,15H,6-7,12,14H2,1-5H3,(H,21,22). The van der Waals surface area contributed by atoms with Gasteiger partial charge in [-0.05, 0) is 32.1 Å². The molecule has 0 aliphatic carbocycles. The molecule has 0 saturated carbocycles. The molecule has 5 nitrogen and oxygen atoms in total. The van der Waals surface area contributed by atoms with Gasteiger partial charge in [0, 0.05) is 36.3 Å². The SMILES string of the molecule is CCCCN(C)Cc1cn[nH]c1-c1ccc(N(C)C(=O)C(C)C)cc1. The normalized spacial score (nSPS) is 11.3. The molecular formula is C20H30N4O. The van der Waals surface area contributed by atoms with Crippen LogP contribution in [0.2, 0.25) is 0 Å². The van der Waals surface area contributed by atoms with Crippen LogP contribution >= 0.6 is 0 Å². The third kappa shape index (κ3) is 4.92. The lowest BCUT2D eigenvalue weighted by Crippen LogP contribution is -2.30. The highest BCUT2D eigenvalue weighted by molar-refractivity contribution is 5.94. The van der Waals surface area contributed by atoms with Crippen LogP contribution in [-0.4, -0.2) is 41.6 Å². The summed E-state index contributed by atoms with van der Waals surface area (Å²) in [7, 11) is 3.96. The Hall–Kier alpha value is -2.14. The zero-order valence-electron chi connectivity index (χ0n) is 16.0. The second kappa shape index (κ2) is 8.81. The number of aromatic amines is 1. The van der Waals surface area contributed by atoms with Gasteiger partial charge >= 0.3 is 0 Å². The van der Waals surface area contributed by atoms with Gasteiger partial charge in [-0.2, -0.15) is 5.10 Å². The number of aromatic nitrogens is 2. The van der Waals surface area contributed by atoms with Crippen molar-refractivity contribution in [3.8, 4) is 11.3 Å². The number of amides is 1. The predicted molar refractivity (Wildman–Crippen MR) is 104 cm³/mol. The number of carbonyl (C=O) groups excluding carboxylic acids is 1. The van der Waals surface area contributed by atoms with Crippen LogP contribution in [0.5, 0.6) is 0 Å². The Morgan fingerprint density at radius 3 is 2.48 bits per heavy atom. The third-order valence-electron chi connectivity index (χ3n) is 4.42. The van der Waals surface area contributed by atoms with Crippen molar-refractivity contribution < 1.29 is 4.79 Å². The quantitative estimate of drug-likeness (QED) is 0.791. The van der Waals surface area contributed by atoms with Crippen molar-refractivity contribution in [3.63, 3.8) is 0 Å². The number of carbonyl (C=O) groups is 1. The second-order valence-electron chi connectivity index (χ2n) is 6.96. The Morgan fingerprint density at radius 2 is 1.88 bits per heavy atom. The fourth-order valence-corrected chi connectivity index (χ4v) is 2.85. The first-order chi connectivity index (χ1) is 11.9. The molecule has 1 heterocycles. The summed E-state index contributed by atoms with van der Waals surface area (Å²) >= 11 is 0. The number of hydrogen-bond acceptors (Lipinski definition) is 3. The Bertz CT molecular complexity index is 675. The van der Waals surface area contributed by atoms with Crippen molar-refractivity contribution in [1.29, 1.82) is 0 Å². The molecule has 1 amide bonds. The Balaban J connectivity index is 2.13. The molecule has 5 heteroatoms. The number of anilines is 1. The van der Waals surface area contributed by atoms with E-state index in [-0.39, 0.29) is 11.8 Å². The average Bonchev–Trinajstić information content (AvgIpc) is 3.06. The van der Waals surface area contributed by atoms with Gasteiger partial charge in [-0.25, -0.2) is 0 Å². The summed E-state index contributed by atoms with van der Waals surface area (Å²) in [6.45, 7) is 8.00. The maximum atomic E-state index is 12.1. The van der Waals surface area contributed by atoms with E-state index in [1.165, 1.54) is 18.4 Å². The summed E-state index contributed by atoms with van der Waals surface area (Å²) in [5.41, 5.74) is 4.24. The van der Waals surface area contributed by atoms with Crippen molar-refractivity contribution in [2.45, 2.75) is 40.2 Å². The lowest BCUT2D eigenvalue weighted by Gasteiger charge is -2.20. The fraction of sp³-hybridized carbons (Fsp3) is 0.500. The summed E-state index contributed by atoms with van der Waals surface area (Å²) in [5, 5.41) is 7.34. The first kappa shape index (κ1) is 19.2. The van der Waals surface area contributed by atoms with Gasteiger partial charge in [0.05, 0.1) is 11.9 Å². The molecule has 1 aromatic heterocycles. The van der Waals surface area contributed by atoms with Crippen LogP contribution in [0, 0.1) is 5.92 Å². The largest absolute Gasteiger partial charge is 0.315 e.